The molecule has 0 N–H and O–H groups in total. The van der Waals surface area contributed by atoms with Gasteiger partial charge in [0, 0.05) is 66.0 Å². The number of ketones is 1. The summed E-state index contributed by atoms with van der Waals surface area (Å²) in [6.45, 7) is 17.5. The molecular weight excluding hydrogens is 284 g/mol. The van der Waals surface area contributed by atoms with Crippen LogP contribution in [0.5, 0.6) is 0 Å². The molecule has 2 atom stereocenters. The maximum absolute atomic E-state index is 11.6. The third kappa shape index (κ3) is 4.86. The van der Waals surface area contributed by atoms with Crippen molar-refractivity contribution in [3.63, 3.8) is 0 Å². The van der Waals surface area contributed by atoms with Gasteiger partial charge in [-0.25, -0.2) is 0 Å². The van der Waals surface area contributed by atoms with Gasteiger partial charge in [0.2, 0.25) is 0 Å². The molecule has 2 bridgehead atoms. The molecule has 0 aromatic heterocycles. The van der Waals surface area contributed by atoms with Gasteiger partial charge in [0.15, 0.2) is 0 Å². The third-order valence-electron chi connectivity index (χ3n) is 4.88. The maximum atomic E-state index is 11.6. The Labute approximate surface area is 132 Å². The monoisotopic (exact) mass is 316 g/mol. The number of Topliss-reactive ketones (excluding diaryl/α,β-unsaturated/α-hetero) is 1. The molecule has 0 aromatic rings. The summed E-state index contributed by atoms with van der Waals surface area (Å²) in [5.74, 6) is 0.316. The number of nitrogens with zero attached hydrogens (tertiary/aromatic N) is 2. The fraction of sp³-hybridized carbons (Fsp3) is 0.938. The van der Waals surface area contributed by atoms with Crippen LogP contribution in [0.3, 0.4) is 0 Å². The van der Waals surface area contributed by atoms with Crippen molar-refractivity contribution in [1.29, 1.82) is 0 Å². The number of carbonyl (C=O) groups excluding carboxylic acids is 1. The van der Waals surface area contributed by atoms with Crippen LogP contribution < -0.4 is 0 Å². The fourth-order valence-corrected chi connectivity index (χ4v) is 2.54. The van der Waals surface area contributed by atoms with Crippen LogP contribution in [0.2, 0.25) is 0 Å². The molecule has 0 radical (unpaired) electrons. The molecular formula is C16H32N2O2S. The van der Waals surface area contributed by atoms with Crippen molar-refractivity contribution in [3.05, 3.63) is 0 Å². The summed E-state index contributed by atoms with van der Waals surface area (Å²) in [7, 11) is -0.683. The molecule has 0 saturated carbocycles. The zero-order valence-electron chi connectivity index (χ0n) is 14.7. The Morgan fingerprint density at radius 2 is 1.48 bits per heavy atom. The van der Waals surface area contributed by atoms with Crippen LogP contribution in [0, 0.1) is 5.41 Å². The van der Waals surface area contributed by atoms with Crippen molar-refractivity contribution in [3.8, 4) is 0 Å². The summed E-state index contributed by atoms with van der Waals surface area (Å²) in [5.41, 5.74) is -0.181. The van der Waals surface area contributed by atoms with E-state index in [9.17, 15) is 9.00 Å². The first-order valence-electron chi connectivity index (χ1n) is 7.77. The molecule has 3 saturated heterocycles. The molecule has 3 rings (SSSR count). The van der Waals surface area contributed by atoms with Gasteiger partial charge < -0.3 is 0 Å². The van der Waals surface area contributed by atoms with Gasteiger partial charge in [-0.1, -0.05) is 13.8 Å². The Kier molecular flexibility index (Phi) is 6.16. The van der Waals surface area contributed by atoms with Gasteiger partial charge in [-0.3, -0.25) is 18.8 Å². The largest absolute Gasteiger partial charge is 0.299 e. The van der Waals surface area contributed by atoms with Crippen LogP contribution in [0.1, 0.15) is 41.5 Å². The van der Waals surface area contributed by atoms with E-state index >= 15 is 0 Å². The molecule has 3 fully saturated rings. The van der Waals surface area contributed by atoms with E-state index in [1.807, 2.05) is 20.8 Å². The normalized spacial score (nSPS) is 30.3. The van der Waals surface area contributed by atoms with Crippen molar-refractivity contribution >= 4 is 16.6 Å². The first-order valence-corrected chi connectivity index (χ1v) is 9.33. The van der Waals surface area contributed by atoms with E-state index in [1.165, 1.54) is 13.1 Å². The van der Waals surface area contributed by atoms with E-state index < -0.39 is 10.8 Å². The van der Waals surface area contributed by atoms with Gasteiger partial charge in [0.25, 0.3) is 0 Å². The molecule has 0 amide bonds. The second-order valence-corrected chi connectivity index (χ2v) is 9.83. The number of rotatable bonds is 2. The second-order valence-electron chi connectivity index (χ2n) is 7.70. The average molecular weight is 317 g/mol. The minimum Gasteiger partial charge on any atom is -0.299 e. The fourth-order valence-electron chi connectivity index (χ4n) is 2.54. The quantitative estimate of drug-likeness (QED) is 0.778. The number of fused-ring (bicyclic) bond motifs is 3. The highest BCUT2D eigenvalue weighted by atomic mass is 32.2. The number of hydrogen-bond acceptors (Lipinski definition) is 4. The molecule has 3 aliphatic heterocycles. The molecule has 3 aliphatic rings. The lowest BCUT2D eigenvalue weighted by Gasteiger charge is -2.52. The minimum absolute atomic E-state index is 0.0278. The van der Waals surface area contributed by atoms with Crippen molar-refractivity contribution in [2.45, 2.75) is 52.3 Å². The topological polar surface area (TPSA) is 40.6 Å². The van der Waals surface area contributed by atoms with E-state index in [2.05, 4.69) is 23.6 Å². The Hall–Kier alpha value is -0.260. The molecule has 3 heterocycles. The predicted octanol–water partition coefficient (Wildman–Crippen LogP) is 1.76. The number of carbonyl (C=O) groups is 1. The smallest absolute Gasteiger partial charge is 0.137 e. The highest BCUT2D eigenvalue weighted by Gasteiger charge is 2.43. The van der Waals surface area contributed by atoms with Crippen molar-refractivity contribution in [1.82, 2.24) is 9.80 Å². The summed E-state index contributed by atoms with van der Waals surface area (Å²) in [6, 6.07) is 0.433. The highest BCUT2D eigenvalue weighted by molar-refractivity contribution is 7.85. The van der Waals surface area contributed by atoms with Gasteiger partial charge in [0.05, 0.1) is 0 Å². The predicted molar refractivity (Wildman–Crippen MR) is 90.1 cm³/mol. The van der Waals surface area contributed by atoms with Crippen molar-refractivity contribution in [2.75, 3.05) is 39.0 Å². The maximum Gasteiger partial charge on any atom is 0.137 e. The zero-order valence-corrected chi connectivity index (χ0v) is 15.5. The lowest BCUT2D eigenvalue weighted by atomic mass is 9.78. The molecule has 0 aliphatic carbocycles. The molecule has 4 nitrogen and oxygen atoms in total. The van der Waals surface area contributed by atoms with Crippen molar-refractivity contribution < 1.29 is 9.00 Å². The van der Waals surface area contributed by atoms with E-state index in [0.29, 0.717) is 11.8 Å². The zero-order chi connectivity index (χ0) is 16.4. The van der Waals surface area contributed by atoms with Crippen LogP contribution >= 0.6 is 0 Å². The Balaban J connectivity index is 0.000000270. The summed E-state index contributed by atoms with van der Waals surface area (Å²) in [6.07, 6.45) is 1.72. The van der Waals surface area contributed by atoms with Gasteiger partial charge in [0.1, 0.15) is 5.78 Å². The third-order valence-corrected chi connectivity index (χ3v) is 6.61. The van der Waals surface area contributed by atoms with Gasteiger partial charge in [-0.05, 0) is 27.7 Å². The van der Waals surface area contributed by atoms with E-state index in [1.54, 1.807) is 13.2 Å². The van der Waals surface area contributed by atoms with Gasteiger partial charge in [-0.2, -0.15) is 0 Å². The van der Waals surface area contributed by atoms with Crippen LogP contribution in [0.25, 0.3) is 0 Å². The highest BCUT2D eigenvalue weighted by Crippen LogP contribution is 2.31. The molecule has 2 unspecified atom stereocenters. The van der Waals surface area contributed by atoms with Crippen LogP contribution in [-0.2, 0) is 15.6 Å². The van der Waals surface area contributed by atoms with Crippen LogP contribution in [-0.4, -0.2) is 69.6 Å². The lowest BCUT2D eigenvalue weighted by Crippen LogP contribution is -2.65. The summed E-state index contributed by atoms with van der Waals surface area (Å²) < 4.78 is 10.5. The summed E-state index contributed by atoms with van der Waals surface area (Å²) >= 11 is 0. The second kappa shape index (κ2) is 6.88. The minimum atomic E-state index is -0.683. The molecule has 21 heavy (non-hydrogen) atoms. The summed E-state index contributed by atoms with van der Waals surface area (Å²) in [4.78, 5) is 16.6. The van der Waals surface area contributed by atoms with E-state index in [4.69, 9.17) is 0 Å². The first-order chi connectivity index (χ1) is 9.46. The summed E-state index contributed by atoms with van der Waals surface area (Å²) in [5, 5.41) is 0. The number of piperazine rings is 3. The number of hydrogen-bond donors (Lipinski definition) is 0. The van der Waals surface area contributed by atoms with E-state index in [-0.39, 0.29) is 10.2 Å². The van der Waals surface area contributed by atoms with Gasteiger partial charge in [-0.15, -0.1) is 0 Å². The average Bonchev–Trinajstić information content (AvgIpc) is 2.39. The van der Waals surface area contributed by atoms with Crippen molar-refractivity contribution in [2.24, 2.45) is 5.41 Å². The van der Waals surface area contributed by atoms with Gasteiger partial charge >= 0.3 is 0 Å². The Morgan fingerprint density at radius 1 is 1.05 bits per heavy atom. The Bertz CT molecular complexity index is 394. The van der Waals surface area contributed by atoms with E-state index in [0.717, 1.165) is 19.6 Å². The molecule has 0 spiro atoms. The lowest BCUT2D eigenvalue weighted by molar-refractivity contribution is -0.133. The van der Waals surface area contributed by atoms with Crippen LogP contribution in [0.4, 0.5) is 0 Å². The SMILES string of the molecule is CC(=O)C(C)(C)C1CN2CCN1CC2.CS(=O)C(C)(C)C. The molecule has 0 aromatic carbocycles. The molecule has 5 heteroatoms. The molecule has 124 valence electrons. The standard InChI is InChI=1S/C11H20N2O.C5H12OS/c1-9(14)11(2,3)10-8-12-4-6-13(10)7-5-12;1-5(2,3)7(4)6/h10H,4-8H2,1-3H3;1-4H3. The van der Waals surface area contributed by atoms with Crippen LogP contribution in [0.15, 0.2) is 0 Å². The first kappa shape index (κ1) is 18.8. The Morgan fingerprint density at radius 3 is 1.71 bits per heavy atom.